The van der Waals surface area contributed by atoms with Gasteiger partial charge in [0.15, 0.2) is 0 Å². The summed E-state index contributed by atoms with van der Waals surface area (Å²) < 4.78 is 5.20. The molecular formula is C23H26N4O3. The third-order valence-electron chi connectivity index (χ3n) is 5.49. The molecule has 2 atom stereocenters. The lowest BCUT2D eigenvalue weighted by Crippen LogP contribution is -2.50. The Morgan fingerprint density at radius 1 is 1.20 bits per heavy atom. The second-order valence-corrected chi connectivity index (χ2v) is 7.64. The fraction of sp³-hybridized carbons (Fsp3) is 0.304. The Bertz CT molecular complexity index is 957. The molecule has 0 radical (unpaired) electrons. The normalized spacial score (nSPS) is 20.3. The van der Waals surface area contributed by atoms with E-state index in [4.69, 9.17) is 4.74 Å². The lowest BCUT2D eigenvalue weighted by molar-refractivity contribution is -0.138. The Morgan fingerprint density at radius 3 is 2.77 bits per heavy atom. The maximum absolute atomic E-state index is 12.9. The van der Waals surface area contributed by atoms with Crippen LogP contribution in [0.1, 0.15) is 29.2 Å². The summed E-state index contributed by atoms with van der Waals surface area (Å²) in [6.45, 7) is 2.44. The van der Waals surface area contributed by atoms with E-state index in [0.717, 1.165) is 16.9 Å². The summed E-state index contributed by atoms with van der Waals surface area (Å²) in [5.41, 5.74) is 6.67. The van der Waals surface area contributed by atoms with E-state index in [-0.39, 0.29) is 30.4 Å². The van der Waals surface area contributed by atoms with Crippen LogP contribution in [0.2, 0.25) is 0 Å². The highest BCUT2D eigenvalue weighted by Crippen LogP contribution is 2.30. The predicted octanol–water partition coefficient (Wildman–Crippen LogP) is 2.25. The van der Waals surface area contributed by atoms with Crippen molar-refractivity contribution in [1.82, 2.24) is 20.7 Å². The molecule has 0 bridgehead atoms. The van der Waals surface area contributed by atoms with E-state index in [9.17, 15) is 9.59 Å². The maximum Gasteiger partial charge on any atom is 0.251 e. The van der Waals surface area contributed by atoms with E-state index in [0.29, 0.717) is 13.0 Å². The van der Waals surface area contributed by atoms with Crippen LogP contribution in [0, 0.1) is 6.92 Å². The van der Waals surface area contributed by atoms with Crippen molar-refractivity contribution < 1.29 is 14.3 Å². The number of nitrogens with one attached hydrogen (secondary N) is 2. The van der Waals surface area contributed by atoms with E-state index in [1.165, 1.54) is 10.5 Å². The molecule has 1 fully saturated rings. The first-order valence-electron chi connectivity index (χ1n) is 10.0. The molecule has 0 aromatic heterocycles. The van der Waals surface area contributed by atoms with Crippen molar-refractivity contribution >= 4 is 11.8 Å². The molecule has 2 unspecified atom stereocenters. The number of amides is 2. The first-order chi connectivity index (χ1) is 14.5. The largest absolute Gasteiger partial charge is 0.497 e. The Hall–Kier alpha value is -3.32. The molecule has 2 N–H and O–H groups in total. The van der Waals surface area contributed by atoms with Gasteiger partial charge in [-0.05, 0) is 36.6 Å². The summed E-state index contributed by atoms with van der Waals surface area (Å²) >= 11 is 0. The number of aryl methyl sites for hydroxylation is 1. The number of methoxy groups -OCH3 is 1. The zero-order valence-electron chi connectivity index (χ0n) is 17.2. The van der Waals surface area contributed by atoms with Gasteiger partial charge in [0.05, 0.1) is 13.2 Å². The summed E-state index contributed by atoms with van der Waals surface area (Å²) in [6, 6.07) is 15.6. The van der Waals surface area contributed by atoms with Gasteiger partial charge < -0.3 is 20.0 Å². The number of carbonyl (C=O) groups excluding carboxylic acids is 2. The van der Waals surface area contributed by atoms with Crippen molar-refractivity contribution in [1.29, 1.82) is 0 Å². The van der Waals surface area contributed by atoms with Crippen LogP contribution >= 0.6 is 0 Å². The molecule has 2 aromatic rings. The average Bonchev–Trinajstić information content (AvgIpc) is 3.20. The standard InChI is InChI=1S/C23H26N4O3/c1-16-6-8-18(9-7-16)20-13-21-23(29)26(10-11-27(21)25-20)15-22(28)24-14-17-4-3-5-19(12-17)30-2/h3-12,20-21,25H,13-15H2,1-2H3,(H,24,28). The Morgan fingerprint density at radius 2 is 2.00 bits per heavy atom. The minimum atomic E-state index is -0.313. The second kappa shape index (κ2) is 8.59. The lowest BCUT2D eigenvalue weighted by atomic mass is 10.00. The van der Waals surface area contributed by atoms with Crippen molar-refractivity contribution in [2.24, 2.45) is 0 Å². The molecule has 2 aliphatic rings. The number of benzene rings is 2. The van der Waals surface area contributed by atoms with Crippen LogP contribution in [-0.2, 0) is 16.1 Å². The lowest BCUT2D eigenvalue weighted by Gasteiger charge is -2.31. The van der Waals surface area contributed by atoms with Gasteiger partial charge in [-0.2, -0.15) is 0 Å². The fourth-order valence-corrected chi connectivity index (χ4v) is 3.78. The minimum Gasteiger partial charge on any atom is -0.497 e. The number of rotatable bonds is 6. The van der Waals surface area contributed by atoms with E-state index in [2.05, 4.69) is 41.9 Å². The molecule has 2 aliphatic heterocycles. The SMILES string of the molecule is COc1cccc(CNC(=O)CN2C=CN3NC(c4ccc(C)cc4)CC3C2=O)c1. The molecule has 2 amide bonds. The quantitative estimate of drug-likeness (QED) is 0.770. The van der Waals surface area contributed by atoms with Gasteiger partial charge >= 0.3 is 0 Å². The number of carbonyl (C=O) groups is 2. The molecule has 7 nitrogen and oxygen atoms in total. The molecule has 0 spiro atoms. The monoisotopic (exact) mass is 406 g/mol. The number of nitrogens with zero attached hydrogens (tertiary/aromatic N) is 2. The molecule has 2 aromatic carbocycles. The van der Waals surface area contributed by atoms with Crippen LogP contribution in [0.5, 0.6) is 5.75 Å². The number of hydrogen-bond acceptors (Lipinski definition) is 5. The van der Waals surface area contributed by atoms with E-state index in [1.807, 2.05) is 35.5 Å². The highest BCUT2D eigenvalue weighted by atomic mass is 16.5. The third kappa shape index (κ3) is 4.31. The minimum absolute atomic E-state index is 0.00115. The van der Waals surface area contributed by atoms with Crippen LogP contribution < -0.4 is 15.5 Å². The van der Waals surface area contributed by atoms with Crippen molar-refractivity contribution in [3.63, 3.8) is 0 Å². The van der Waals surface area contributed by atoms with Gasteiger partial charge in [-0.25, -0.2) is 5.43 Å². The van der Waals surface area contributed by atoms with Crippen LogP contribution in [0.15, 0.2) is 60.9 Å². The first kappa shape index (κ1) is 20.0. The summed E-state index contributed by atoms with van der Waals surface area (Å²) in [7, 11) is 1.61. The third-order valence-corrected chi connectivity index (χ3v) is 5.49. The fourth-order valence-electron chi connectivity index (χ4n) is 3.78. The second-order valence-electron chi connectivity index (χ2n) is 7.64. The van der Waals surface area contributed by atoms with Crippen LogP contribution in [-0.4, -0.2) is 41.4 Å². The predicted molar refractivity (Wildman–Crippen MR) is 113 cm³/mol. The highest BCUT2D eigenvalue weighted by molar-refractivity contribution is 5.89. The maximum atomic E-state index is 12.9. The Labute approximate surface area is 176 Å². The molecule has 156 valence electrons. The van der Waals surface area contributed by atoms with Gasteiger partial charge in [0.2, 0.25) is 5.91 Å². The first-order valence-corrected chi connectivity index (χ1v) is 10.0. The number of ether oxygens (including phenoxy) is 1. The van der Waals surface area contributed by atoms with E-state index < -0.39 is 0 Å². The Balaban J connectivity index is 1.33. The summed E-state index contributed by atoms with van der Waals surface area (Å²) in [4.78, 5) is 26.8. The highest BCUT2D eigenvalue weighted by Gasteiger charge is 2.40. The molecule has 4 rings (SSSR count). The van der Waals surface area contributed by atoms with Gasteiger partial charge in [0.1, 0.15) is 18.3 Å². The smallest absolute Gasteiger partial charge is 0.251 e. The molecule has 1 saturated heterocycles. The number of fused-ring (bicyclic) bond motifs is 1. The van der Waals surface area contributed by atoms with Gasteiger partial charge in [0, 0.05) is 18.9 Å². The molecule has 2 heterocycles. The number of hydrazine groups is 1. The van der Waals surface area contributed by atoms with Crippen LogP contribution in [0.3, 0.4) is 0 Å². The molecular weight excluding hydrogens is 380 g/mol. The van der Waals surface area contributed by atoms with Gasteiger partial charge in [-0.15, -0.1) is 0 Å². The van der Waals surface area contributed by atoms with Gasteiger partial charge in [-0.3, -0.25) is 9.59 Å². The summed E-state index contributed by atoms with van der Waals surface area (Å²) in [5, 5.41) is 4.71. The summed E-state index contributed by atoms with van der Waals surface area (Å²) in [5.74, 6) is 0.467. The van der Waals surface area contributed by atoms with Gasteiger partial charge in [-0.1, -0.05) is 42.0 Å². The molecule has 30 heavy (non-hydrogen) atoms. The molecule has 7 heteroatoms. The number of hydrogen-bond donors (Lipinski definition) is 2. The van der Waals surface area contributed by atoms with E-state index >= 15 is 0 Å². The van der Waals surface area contributed by atoms with Crippen molar-refractivity contribution in [2.45, 2.75) is 32.0 Å². The van der Waals surface area contributed by atoms with E-state index in [1.54, 1.807) is 13.3 Å². The average molecular weight is 406 g/mol. The van der Waals surface area contributed by atoms with Crippen LogP contribution in [0.4, 0.5) is 0 Å². The van der Waals surface area contributed by atoms with Crippen molar-refractivity contribution in [3.8, 4) is 5.75 Å². The molecule has 0 aliphatic carbocycles. The van der Waals surface area contributed by atoms with Crippen molar-refractivity contribution in [2.75, 3.05) is 13.7 Å². The Kier molecular flexibility index (Phi) is 5.72. The topological polar surface area (TPSA) is 73.9 Å². The zero-order valence-corrected chi connectivity index (χ0v) is 17.2. The van der Waals surface area contributed by atoms with Gasteiger partial charge in [0.25, 0.3) is 5.91 Å². The molecule has 0 saturated carbocycles. The summed E-state index contributed by atoms with van der Waals surface area (Å²) in [6.07, 6.45) is 4.15. The van der Waals surface area contributed by atoms with Crippen LogP contribution in [0.25, 0.3) is 0 Å². The zero-order chi connectivity index (χ0) is 21.1. The van der Waals surface area contributed by atoms with Crippen molar-refractivity contribution in [3.05, 3.63) is 77.6 Å².